The highest BCUT2D eigenvalue weighted by Crippen LogP contribution is 2.50. The molecule has 2 N–H and O–H groups in total. The second kappa shape index (κ2) is 7.00. The summed E-state index contributed by atoms with van der Waals surface area (Å²) in [6.07, 6.45) is -3.75. The van der Waals surface area contributed by atoms with E-state index in [1.165, 1.54) is 16.2 Å². The van der Waals surface area contributed by atoms with Gasteiger partial charge in [-0.3, -0.25) is 4.79 Å². The number of halogens is 3. The Balaban J connectivity index is 2.51. The maximum absolute atomic E-state index is 13.6. The predicted octanol–water partition coefficient (Wildman–Crippen LogP) is 5.06. The molecule has 0 aliphatic carbocycles. The van der Waals surface area contributed by atoms with Crippen LogP contribution in [0.3, 0.4) is 0 Å². The summed E-state index contributed by atoms with van der Waals surface area (Å²) in [5.41, 5.74) is 4.77. The van der Waals surface area contributed by atoms with E-state index in [1.807, 2.05) is 6.92 Å². The molecule has 1 aromatic heterocycles. The van der Waals surface area contributed by atoms with Crippen molar-refractivity contribution in [3.63, 3.8) is 0 Å². The highest BCUT2D eigenvalue weighted by molar-refractivity contribution is 8.05. The first-order chi connectivity index (χ1) is 11.0. The number of thioether (sulfide) groups is 1. The van der Waals surface area contributed by atoms with Gasteiger partial charge in [-0.15, -0.1) is 11.3 Å². The third-order valence-corrected chi connectivity index (χ3v) is 6.13. The number of hydrogen-bond donors (Lipinski definition) is 1. The van der Waals surface area contributed by atoms with E-state index in [1.54, 1.807) is 18.4 Å². The van der Waals surface area contributed by atoms with Gasteiger partial charge in [0.25, 0.3) is 5.91 Å². The van der Waals surface area contributed by atoms with Crippen LogP contribution in [0.25, 0.3) is 0 Å². The summed E-state index contributed by atoms with van der Waals surface area (Å²) in [6.45, 7) is 7.85. The highest BCUT2D eigenvalue weighted by atomic mass is 32.2. The highest BCUT2D eigenvalue weighted by Gasteiger charge is 2.49. The molecule has 1 amide bonds. The minimum absolute atomic E-state index is 0.143. The number of carbonyl (C=O) groups excluding carboxylic acids is 1. The number of rotatable bonds is 5. The topological polar surface area (TPSA) is 46.3 Å². The fourth-order valence-corrected chi connectivity index (χ4v) is 5.09. The van der Waals surface area contributed by atoms with Gasteiger partial charge >= 0.3 is 6.18 Å². The number of anilines is 1. The van der Waals surface area contributed by atoms with E-state index in [0.29, 0.717) is 11.6 Å². The number of nitrogens with zero attached hydrogens (tertiary/aromatic N) is 1. The van der Waals surface area contributed by atoms with Crippen LogP contribution in [0.15, 0.2) is 22.0 Å². The lowest BCUT2D eigenvalue weighted by Crippen LogP contribution is -2.34. The van der Waals surface area contributed by atoms with E-state index in [9.17, 15) is 18.0 Å². The molecular formula is C16H21F3N2OS2. The van der Waals surface area contributed by atoms with E-state index in [4.69, 9.17) is 5.73 Å². The van der Waals surface area contributed by atoms with Crippen molar-refractivity contribution in [3.05, 3.63) is 26.9 Å². The van der Waals surface area contributed by atoms with Gasteiger partial charge in [-0.1, -0.05) is 32.5 Å². The van der Waals surface area contributed by atoms with E-state index < -0.39 is 28.1 Å². The van der Waals surface area contributed by atoms with Gasteiger partial charge in [0.15, 0.2) is 0 Å². The summed E-state index contributed by atoms with van der Waals surface area (Å²) in [4.78, 5) is 13.2. The van der Waals surface area contributed by atoms with E-state index in [2.05, 4.69) is 13.8 Å². The number of alkyl halides is 3. The zero-order valence-electron chi connectivity index (χ0n) is 14.0. The normalized spacial score (nSPS) is 20.2. The Kier molecular flexibility index (Phi) is 5.59. The van der Waals surface area contributed by atoms with Gasteiger partial charge in [-0.2, -0.15) is 13.2 Å². The summed E-state index contributed by atoms with van der Waals surface area (Å²) in [6, 6.07) is 1.70. The predicted molar refractivity (Wildman–Crippen MR) is 94.0 cm³/mol. The smallest absolute Gasteiger partial charge is 0.365 e. The Morgan fingerprint density at radius 2 is 2.00 bits per heavy atom. The molecule has 0 fully saturated rings. The number of primary amides is 1. The van der Waals surface area contributed by atoms with Gasteiger partial charge in [-0.25, -0.2) is 0 Å². The van der Waals surface area contributed by atoms with Crippen molar-refractivity contribution in [3.8, 4) is 0 Å². The number of allylic oxidation sites excluding steroid dienone is 1. The minimum atomic E-state index is -4.64. The standard InChI is InChI=1S/C16H21F3N2OS2/c1-8(2)7-9(3)12-11(5-6-23-12)21-10(4)24-13(15(20)22)14(21)16(17,18)19/h5-6,8-10H,7H2,1-4H3,(H2,20,22). The average molecular weight is 378 g/mol. The third kappa shape index (κ3) is 3.74. The second-order valence-electron chi connectivity index (χ2n) is 6.33. The summed E-state index contributed by atoms with van der Waals surface area (Å²) in [5.74, 6) is -0.447. The van der Waals surface area contributed by atoms with Crippen LogP contribution < -0.4 is 10.6 Å². The van der Waals surface area contributed by atoms with Crippen molar-refractivity contribution in [2.75, 3.05) is 4.90 Å². The SMILES string of the molecule is CC(C)CC(C)c1sccc1N1C(C(F)(F)F)=C(C(N)=O)SC1C. The molecule has 1 aliphatic heterocycles. The first-order valence-corrected chi connectivity index (χ1v) is 9.44. The van der Waals surface area contributed by atoms with Crippen LogP contribution in [-0.2, 0) is 4.79 Å². The Bertz CT molecular complexity index is 652. The Hall–Kier alpha value is -1.15. The maximum Gasteiger partial charge on any atom is 0.432 e. The van der Waals surface area contributed by atoms with E-state index in [-0.39, 0.29) is 5.92 Å². The maximum atomic E-state index is 13.6. The molecule has 0 spiro atoms. The van der Waals surface area contributed by atoms with E-state index in [0.717, 1.165) is 23.1 Å². The summed E-state index contributed by atoms with van der Waals surface area (Å²) >= 11 is 2.32. The molecule has 1 aromatic rings. The van der Waals surface area contributed by atoms with Crippen LogP contribution in [0.5, 0.6) is 0 Å². The average Bonchev–Trinajstić information content (AvgIpc) is 3.00. The Morgan fingerprint density at radius 1 is 1.38 bits per heavy atom. The van der Waals surface area contributed by atoms with Gasteiger partial charge < -0.3 is 10.6 Å². The number of thiophene rings is 1. The van der Waals surface area contributed by atoms with Crippen molar-refractivity contribution >= 4 is 34.7 Å². The molecule has 8 heteroatoms. The third-order valence-electron chi connectivity index (χ3n) is 3.81. The fraction of sp³-hybridized carbons (Fsp3) is 0.562. The number of carbonyl (C=O) groups is 1. The van der Waals surface area contributed by atoms with Crippen molar-refractivity contribution in [1.82, 2.24) is 0 Å². The number of hydrogen-bond acceptors (Lipinski definition) is 4. The largest absolute Gasteiger partial charge is 0.432 e. The summed E-state index contributed by atoms with van der Waals surface area (Å²) < 4.78 is 40.8. The lowest BCUT2D eigenvalue weighted by atomic mass is 9.96. The Morgan fingerprint density at radius 3 is 2.50 bits per heavy atom. The molecule has 0 saturated carbocycles. The van der Waals surface area contributed by atoms with Gasteiger partial charge in [0, 0.05) is 4.88 Å². The lowest BCUT2D eigenvalue weighted by molar-refractivity contribution is -0.115. The van der Waals surface area contributed by atoms with E-state index >= 15 is 0 Å². The van der Waals surface area contributed by atoms with Crippen LogP contribution in [0.1, 0.15) is 44.9 Å². The van der Waals surface area contributed by atoms with Gasteiger partial charge in [-0.05, 0) is 36.6 Å². The molecule has 1 aliphatic rings. The quantitative estimate of drug-likeness (QED) is 0.779. The lowest BCUT2D eigenvalue weighted by Gasteiger charge is -2.29. The molecule has 2 rings (SSSR count). The van der Waals surface area contributed by atoms with Crippen LogP contribution in [0.2, 0.25) is 0 Å². The summed E-state index contributed by atoms with van der Waals surface area (Å²) in [7, 11) is 0. The second-order valence-corrected chi connectivity index (χ2v) is 8.60. The van der Waals surface area contributed by atoms with Crippen molar-refractivity contribution < 1.29 is 18.0 Å². The van der Waals surface area contributed by atoms with Crippen molar-refractivity contribution in [2.45, 2.75) is 51.6 Å². The van der Waals surface area contributed by atoms with Gasteiger partial charge in [0.05, 0.1) is 11.1 Å². The van der Waals surface area contributed by atoms with Crippen LogP contribution in [-0.4, -0.2) is 17.5 Å². The van der Waals surface area contributed by atoms with Gasteiger partial charge in [0.1, 0.15) is 10.6 Å². The molecule has 3 nitrogen and oxygen atoms in total. The van der Waals surface area contributed by atoms with Crippen LogP contribution >= 0.6 is 23.1 Å². The molecule has 2 unspecified atom stereocenters. The van der Waals surface area contributed by atoms with Crippen LogP contribution in [0, 0.1) is 5.92 Å². The summed E-state index contributed by atoms with van der Waals surface area (Å²) in [5, 5.41) is 1.26. The van der Waals surface area contributed by atoms with Crippen molar-refractivity contribution in [2.24, 2.45) is 11.7 Å². The molecule has 2 atom stereocenters. The zero-order valence-corrected chi connectivity index (χ0v) is 15.6. The molecule has 0 saturated heterocycles. The molecule has 134 valence electrons. The molecular weight excluding hydrogens is 357 g/mol. The number of amides is 1. The monoisotopic (exact) mass is 378 g/mol. The number of nitrogens with two attached hydrogens (primary N) is 1. The first kappa shape index (κ1) is 19.2. The van der Waals surface area contributed by atoms with Crippen molar-refractivity contribution in [1.29, 1.82) is 0 Å². The fourth-order valence-electron chi connectivity index (χ4n) is 3.02. The van der Waals surface area contributed by atoms with Crippen LogP contribution in [0.4, 0.5) is 18.9 Å². The first-order valence-electron chi connectivity index (χ1n) is 7.68. The molecule has 0 bridgehead atoms. The molecule has 0 radical (unpaired) electrons. The minimum Gasteiger partial charge on any atom is -0.365 e. The molecule has 2 heterocycles. The molecule has 0 aromatic carbocycles. The molecule has 24 heavy (non-hydrogen) atoms. The van der Waals surface area contributed by atoms with Gasteiger partial charge in [0.2, 0.25) is 0 Å². The zero-order chi connectivity index (χ0) is 18.2. The Labute approximate surface area is 148 Å².